The number of aromatic amines is 1. The summed E-state index contributed by atoms with van der Waals surface area (Å²) in [4.78, 5) is 5.77. The number of fused-ring (bicyclic) bond motifs is 1. The molecule has 2 aromatic heterocycles. The number of thiophene rings is 1. The summed E-state index contributed by atoms with van der Waals surface area (Å²) in [5, 5.41) is 3.42. The molecule has 0 bridgehead atoms. The Bertz CT molecular complexity index is 942. The molecule has 26 heavy (non-hydrogen) atoms. The van der Waals surface area contributed by atoms with E-state index in [0.29, 0.717) is 0 Å². The van der Waals surface area contributed by atoms with Crippen molar-refractivity contribution in [1.29, 1.82) is 0 Å². The average molecular weight is 399 g/mol. The predicted molar refractivity (Wildman–Crippen MR) is 118 cm³/mol. The highest BCUT2D eigenvalue weighted by Crippen LogP contribution is 2.32. The summed E-state index contributed by atoms with van der Waals surface area (Å²) >= 11 is 7.71. The maximum absolute atomic E-state index is 5.76. The van der Waals surface area contributed by atoms with Crippen LogP contribution in [0.4, 0.5) is 0 Å². The van der Waals surface area contributed by atoms with E-state index in [1.807, 2.05) is 25.3 Å². The van der Waals surface area contributed by atoms with Crippen LogP contribution < -0.4 is 5.73 Å². The number of hydrogen-bond acceptors (Lipinski definition) is 4. The fraction of sp³-hybridized carbons (Fsp3) is 0.143. The molecule has 0 amide bonds. The number of hydrogen-bond donors (Lipinski definition) is 3. The van der Waals surface area contributed by atoms with E-state index in [2.05, 4.69) is 71.5 Å². The molecule has 0 saturated heterocycles. The first kappa shape index (κ1) is 19.1. The molecule has 5 heteroatoms. The molecule has 1 unspecified atom stereocenters. The molecule has 4 aromatic rings. The SMILES string of the molecule is CC(N)Cc1c[nH]c2ccccc12.Sc1cc(Sc2ccccc2)cs1. The van der Waals surface area contributed by atoms with Gasteiger partial charge in [0.25, 0.3) is 0 Å². The van der Waals surface area contributed by atoms with Crippen LogP contribution in [0.2, 0.25) is 0 Å². The van der Waals surface area contributed by atoms with Gasteiger partial charge in [-0.25, -0.2) is 0 Å². The number of nitrogens with one attached hydrogen (secondary N) is 1. The van der Waals surface area contributed by atoms with E-state index < -0.39 is 0 Å². The van der Waals surface area contributed by atoms with E-state index in [4.69, 9.17) is 5.73 Å². The Morgan fingerprint density at radius 2 is 1.81 bits per heavy atom. The standard InChI is InChI=1S/C11H14N2.C10H8S3/c1-8(12)6-9-7-13-11-5-3-2-4-10(9)11;11-10-6-9(7-12-10)13-8-4-2-1-3-5-8/h2-5,7-8,13H,6,12H2,1H3;1-7,11H. The molecule has 0 aliphatic carbocycles. The lowest BCUT2D eigenvalue weighted by Crippen LogP contribution is -2.17. The molecule has 0 fully saturated rings. The monoisotopic (exact) mass is 398 g/mol. The van der Waals surface area contributed by atoms with Gasteiger partial charge in [0.1, 0.15) is 0 Å². The van der Waals surface area contributed by atoms with E-state index in [9.17, 15) is 0 Å². The van der Waals surface area contributed by atoms with E-state index in [-0.39, 0.29) is 6.04 Å². The van der Waals surface area contributed by atoms with Gasteiger partial charge in [-0.3, -0.25) is 0 Å². The fourth-order valence-electron chi connectivity index (χ4n) is 2.63. The van der Waals surface area contributed by atoms with E-state index in [0.717, 1.165) is 10.6 Å². The second-order valence-electron chi connectivity index (χ2n) is 6.08. The van der Waals surface area contributed by atoms with Gasteiger partial charge in [0, 0.05) is 38.3 Å². The van der Waals surface area contributed by atoms with Crippen molar-refractivity contribution in [2.75, 3.05) is 0 Å². The van der Waals surface area contributed by atoms with Crippen LogP contribution in [0.3, 0.4) is 0 Å². The van der Waals surface area contributed by atoms with Gasteiger partial charge < -0.3 is 10.7 Å². The van der Waals surface area contributed by atoms with Gasteiger partial charge in [0.2, 0.25) is 0 Å². The van der Waals surface area contributed by atoms with Crippen LogP contribution >= 0.6 is 35.7 Å². The summed E-state index contributed by atoms with van der Waals surface area (Å²) in [6, 6.07) is 21.0. The third-order valence-corrected chi connectivity index (χ3v) is 6.06. The molecule has 0 spiro atoms. The van der Waals surface area contributed by atoms with Crippen molar-refractivity contribution in [3.8, 4) is 0 Å². The third-order valence-electron chi connectivity index (χ3n) is 3.76. The maximum atomic E-state index is 5.76. The molecular formula is C21H22N2S3. The van der Waals surface area contributed by atoms with Crippen molar-refractivity contribution >= 4 is 46.6 Å². The highest BCUT2D eigenvalue weighted by atomic mass is 32.2. The van der Waals surface area contributed by atoms with Gasteiger partial charge in [-0.15, -0.1) is 24.0 Å². The minimum absolute atomic E-state index is 0.221. The Hall–Kier alpha value is -1.66. The van der Waals surface area contributed by atoms with Gasteiger partial charge in [-0.05, 0) is 43.2 Å². The van der Waals surface area contributed by atoms with Crippen LogP contribution in [0.15, 0.2) is 86.2 Å². The highest BCUT2D eigenvalue weighted by Gasteiger charge is 2.04. The van der Waals surface area contributed by atoms with Crippen LogP contribution in [-0.4, -0.2) is 11.0 Å². The molecule has 0 saturated carbocycles. The number of aromatic nitrogens is 1. The van der Waals surface area contributed by atoms with Gasteiger partial charge in [-0.2, -0.15) is 0 Å². The molecular weight excluding hydrogens is 376 g/mol. The topological polar surface area (TPSA) is 41.8 Å². The number of benzene rings is 2. The number of para-hydroxylation sites is 1. The molecule has 0 radical (unpaired) electrons. The predicted octanol–water partition coefficient (Wildman–Crippen LogP) is 6.25. The van der Waals surface area contributed by atoms with Crippen LogP contribution in [0, 0.1) is 0 Å². The lowest BCUT2D eigenvalue weighted by molar-refractivity contribution is 0.741. The Morgan fingerprint density at radius 3 is 2.50 bits per heavy atom. The minimum Gasteiger partial charge on any atom is -0.361 e. The Balaban J connectivity index is 0.000000151. The van der Waals surface area contributed by atoms with Crippen LogP contribution in [-0.2, 0) is 6.42 Å². The summed E-state index contributed by atoms with van der Waals surface area (Å²) in [6.07, 6.45) is 2.98. The lowest BCUT2D eigenvalue weighted by Gasteiger charge is -2.02. The molecule has 0 aliphatic heterocycles. The second kappa shape index (κ2) is 9.33. The zero-order valence-electron chi connectivity index (χ0n) is 14.6. The zero-order chi connectivity index (χ0) is 18.4. The van der Waals surface area contributed by atoms with Crippen LogP contribution in [0.25, 0.3) is 10.9 Å². The number of H-pyrrole nitrogens is 1. The first-order valence-electron chi connectivity index (χ1n) is 8.43. The number of thiol groups is 1. The number of nitrogens with two attached hydrogens (primary N) is 1. The zero-order valence-corrected chi connectivity index (χ0v) is 17.1. The fourth-order valence-corrected chi connectivity index (χ4v) is 4.67. The first-order chi connectivity index (χ1) is 12.6. The summed E-state index contributed by atoms with van der Waals surface area (Å²) in [5.41, 5.74) is 8.26. The highest BCUT2D eigenvalue weighted by molar-refractivity contribution is 7.99. The van der Waals surface area contributed by atoms with Crippen molar-refractivity contribution in [2.24, 2.45) is 5.73 Å². The van der Waals surface area contributed by atoms with Gasteiger partial charge in [0.15, 0.2) is 0 Å². The third kappa shape index (κ3) is 5.42. The van der Waals surface area contributed by atoms with Crippen molar-refractivity contribution in [2.45, 2.75) is 33.4 Å². The van der Waals surface area contributed by atoms with E-state index in [1.54, 1.807) is 23.1 Å². The molecule has 1 atom stereocenters. The Labute approximate surface area is 168 Å². The molecule has 134 valence electrons. The summed E-state index contributed by atoms with van der Waals surface area (Å²) in [5.74, 6) is 0. The average Bonchev–Trinajstić information content (AvgIpc) is 3.23. The summed E-state index contributed by atoms with van der Waals surface area (Å²) in [6.45, 7) is 2.03. The van der Waals surface area contributed by atoms with Crippen molar-refractivity contribution in [1.82, 2.24) is 4.98 Å². The summed E-state index contributed by atoms with van der Waals surface area (Å²) in [7, 11) is 0. The Kier molecular flexibility index (Phi) is 6.86. The molecule has 4 rings (SSSR count). The molecule has 2 aromatic carbocycles. The summed E-state index contributed by atoms with van der Waals surface area (Å²) < 4.78 is 1.07. The maximum Gasteiger partial charge on any atom is 0.0579 e. The molecule has 3 N–H and O–H groups in total. The quantitative estimate of drug-likeness (QED) is 0.356. The van der Waals surface area contributed by atoms with Crippen LogP contribution in [0.5, 0.6) is 0 Å². The largest absolute Gasteiger partial charge is 0.361 e. The normalized spacial score (nSPS) is 11.8. The first-order valence-corrected chi connectivity index (χ1v) is 10.6. The molecule has 2 heterocycles. The van der Waals surface area contributed by atoms with Crippen molar-refractivity contribution < 1.29 is 0 Å². The van der Waals surface area contributed by atoms with Crippen molar-refractivity contribution in [3.63, 3.8) is 0 Å². The number of rotatable bonds is 4. The smallest absolute Gasteiger partial charge is 0.0579 e. The van der Waals surface area contributed by atoms with Gasteiger partial charge in [-0.1, -0.05) is 48.2 Å². The van der Waals surface area contributed by atoms with E-state index in [1.165, 1.54) is 26.3 Å². The second-order valence-corrected chi connectivity index (χ2v) is 8.92. The molecule has 0 aliphatic rings. The van der Waals surface area contributed by atoms with Crippen molar-refractivity contribution in [3.05, 3.63) is 77.8 Å². The Morgan fingerprint density at radius 1 is 1.08 bits per heavy atom. The van der Waals surface area contributed by atoms with E-state index >= 15 is 0 Å². The lowest BCUT2D eigenvalue weighted by atomic mass is 10.1. The van der Waals surface area contributed by atoms with Gasteiger partial charge in [0.05, 0.1) is 4.21 Å². The van der Waals surface area contributed by atoms with Gasteiger partial charge >= 0.3 is 0 Å². The molecule has 2 nitrogen and oxygen atoms in total. The van der Waals surface area contributed by atoms with Crippen LogP contribution in [0.1, 0.15) is 12.5 Å². The minimum atomic E-state index is 0.221.